The molecule has 2 saturated heterocycles. The third-order valence-corrected chi connectivity index (χ3v) is 4.83. The van der Waals surface area contributed by atoms with E-state index in [9.17, 15) is 14.9 Å². The Hall–Kier alpha value is -2.35. The third kappa shape index (κ3) is 3.68. The van der Waals surface area contributed by atoms with Crippen molar-refractivity contribution >= 4 is 11.6 Å². The summed E-state index contributed by atoms with van der Waals surface area (Å²) in [5, 5.41) is 17.9. The molecule has 8 nitrogen and oxygen atoms in total. The maximum absolute atomic E-state index is 12.7. The Morgan fingerprint density at radius 3 is 2.56 bits per heavy atom. The molecule has 2 fully saturated rings. The number of benzene rings is 1. The summed E-state index contributed by atoms with van der Waals surface area (Å²) in [5.41, 5.74) is -0.283. The maximum Gasteiger partial charge on any atom is 0.286 e. The van der Waals surface area contributed by atoms with E-state index in [-0.39, 0.29) is 23.0 Å². The van der Waals surface area contributed by atoms with E-state index in [4.69, 9.17) is 9.47 Å². The van der Waals surface area contributed by atoms with Gasteiger partial charge in [-0.15, -0.1) is 0 Å². The molecule has 2 aliphatic rings. The van der Waals surface area contributed by atoms with Crippen LogP contribution in [0.5, 0.6) is 11.5 Å². The molecule has 0 spiro atoms. The number of carbonyl (C=O) groups is 1. The normalized spacial score (nSPS) is 24.6. The van der Waals surface area contributed by atoms with Crippen molar-refractivity contribution in [1.29, 1.82) is 0 Å². The Labute approximate surface area is 146 Å². The average molecular weight is 349 g/mol. The Morgan fingerprint density at radius 2 is 2.00 bits per heavy atom. The zero-order valence-electron chi connectivity index (χ0n) is 14.4. The first-order valence-corrected chi connectivity index (χ1v) is 8.58. The number of amides is 1. The molecular formula is C17H23N3O5. The lowest BCUT2D eigenvalue weighted by Crippen LogP contribution is -2.48. The first-order valence-electron chi connectivity index (χ1n) is 8.58. The van der Waals surface area contributed by atoms with E-state index in [0.29, 0.717) is 24.4 Å². The van der Waals surface area contributed by atoms with Gasteiger partial charge in [-0.05, 0) is 32.6 Å². The highest BCUT2D eigenvalue weighted by atomic mass is 16.6. The number of carbonyl (C=O) groups excluding carboxylic acids is 1. The molecule has 25 heavy (non-hydrogen) atoms. The number of nitro groups is 1. The van der Waals surface area contributed by atoms with Gasteiger partial charge in [-0.3, -0.25) is 14.9 Å². The molecule has 1 aromatic rings. The predicted molar refractivity (Wildman–Crippen MR) is 91.3 cm³/mol. The van der Waals surface area contributed by atoms with Gasteiger partial charge < -0.3 is 20.1 Å². The molecule has 0 aromatic heterocycles. The summed E-state index contributed by atoms with van der Waals surface area (Å²) >= 11 is 0. The van der Waals surface area contributed by atoms with Crippen LogP contribution in [-0.4, -0.2) is 42.7 Å². The van der Waals surface area contributed by atoms with Crippen molar-refractivity contribution < 1.29 is 19.2 Å². The van der Waals surface area contributed by atoms with E-state index >= 15 is 0 Å². The van der Waals surface area contributed by atoms with Crippen LogP contribution >= 0.6 is 0 Å². The van der Waals surface area contributed by atoms with Crippen molar-refractivity contribution in [2.45, 2.75) is 50.7 Å². The van der Waals surface area contributed by atoms with E-state index in [2.05, 4.69) is 10.6 Å². The fourth-order valence-electron chi connectivity index (χ4n) is 3.75. The average Bonchev–Trinajstić information content (AvgIpc) is 2.93. The van der Waals surface area contributed by atoms with Crippen LogP contribution in [0.4, 0.5) is 5.69 Å². The Morgan fingerprint density at radius 1 is 1.32 bits per heavy atom. The molecule has 2 bridgehead atoms. The van der Waals surface area contributed by atoms with Crippen molar-refractivity contribution in [2.24, 2.45) is 0 Å². The minimum atomic E-state index is -0.566. The number of ether oxygens (including phenoxy) is 2. The molecule has 1 amide bonds. The first kappa shape index (κ1) is 17.5. The second kappa shape index (κ2) is 7.26. The van der Waals surface area contributed by atoms with Crippen LogP contribution in [-0.2, 0) is 0 Å². The molecule has 136 valence electrons. The molecule has 0 radical (unpaired) electrons. The summed E-state index contributed by atoms with van der Waals surface area (Å²) in [7, 11) is 1.44. The second-order valence-corrected chi connectivity index (χ2v) is 6.49. The van der Waals surface area contributed by atoms with Crippen LogP contribution in [0.15, 0.2) is 12.1 Å². The lowest BCUT2D eigenvalue weighted by Gasteiger charge is -2.29. The number of hydrogen-bond acceptors (Lipinski definition) is 6. The van der Waals surface area contributed by atoms with E-state index in [0.717, 1.165) is 25.7 Å². The van der Waals surface area contributed by atoms with Gasteiger partial charge in [0.2, 0.25) is 0 Å². The van der Waals surface area contributed by atoms with Gasteiger partial charge >= 0.3 is 0 Å². The summed E-state index contributed by atoms with van der Waals surface area (Å²) < 4.78 is 10.6. The smallest absolute Gasteiger partial charge is 0.286 e. The highest BCUT2D eigenvalue weighted by molar-refractivity contribution is 5.99. The van der Waals surface area contributed by atoms with E-state index < -0.39 is 10.8 Å². The number of methoxy groups -OCH3 is 1. The molecule has 3 rings (SSSR count). The number of nitrogens with one attached hydrogen (secondary N) is 2. The number of hydrogen-bond donors (Lipinski definition) is 2. The Kier molecular flexibility index (Phi) is 5.08. The van der Waals surface area contributed by atoms with E-state index in [1.165, 1.54) is 19.2 Å². The van der Waals surface area contributed by atoms with Crippen LogP contribution in [0.1, 0.15) is 43.0 Å². The van der Waals surface area contributed by atoms with Crippen LogP contribution in [0.3, 0.4) is 0 Å². The number of rotatable bonds is 6. The fraction of sp³-hybridized carbons (Fsp3) is 0.588. The van der Waals surface area contributed by atoms with Gasteiger partial charge in [0, 0.05) is 24.2 Å². The number of nitrogens with zero attached hydrogens (tertiary/aromatic N) is 1. The number of nitro benzene ring substituents is 1. The van der Waals surface area contributed by atoms with Gasteiger partial charge in [0.1, 0.15) is 5.56 Å². The van der Waals surface area contributed by atoms with Gasteiger partial charge in [0.15, 0.2) is 11.5 Å². The summed E-state index contributed by atoms with van der Waals surface area (Å²) in [6, 6.07) is 3.52. The lowest BCUT2D eigenvalue weighted by molar-refractivity contribution is -0.385. The second-order valence-electron chi connectivity index (χ2n) is 6.49. The van der Waals surface area contributed by atoms with Gasteiger partial charge in [0.05, 0.1) is 24.7 Å². The molecule has 8 heteroatoms. The zero-order valence-corrected chi connectivity index (χ0v) is 14.4. The van der Waals surface area contributed by atoms with Crippen molar-refractivity contribution in [1.82, 2.24) is 10.6 Å². The van der Waals surface area contributed by atoms with Crippen LogP contribution < -0.4 is 20.1 Å². The Bertz CT molecular complexity index is 666. The minimum Gasteiger partial charge on any atom is -0.493 e. The van der Waals surface area contributed by atoms with Gasteiger partial charge in [-0.2, -0.15) is 0 Å². The molecule has 2 unspecified atom stereocenters. The van der Waals surface area contributed by atoms with Crippen molar-refractivity contribution in [3.63, 3.8) is 0 Å². The molecule has 2 heterocycles. The van der Waals surface area contributed by atoms with Gasteiger partial charge in [-0.25, -0.2) is 0 Å². The largest absolute Gasteiger partial charge is 0.493 e. The summed E-state index contributed by atoms with van der Waals surface area (Å²) in [5.74, 6) is 0.121. The van der Waals surface area contributed by atoms with Crippen molar-refractivity contribution in [3.8, 4) is 11.5 Å². The highest BCUT2D eigenvalue weighted by Gasteiger charge is 2.35. The molecular weight excluding hydrogens is 326 g/mol. The number of piperidine rings is 1. The van der Waals surface area contributed by atoms with Crippen LogP contribution in [0.2, 0.25) is 0 Å². The lowest BCUT2D eigenvalue weighted by atomic mass is 9.99. The van der Waals surface area contributed by atoms with Crippen LogP contribution in [0, 0.1) is 10.1 Å². The van der Waals surface area contributed by atoms with Gasteiger partial charge in [0.25, 0.3) is 11.6 Å². The molecule has 0 saturated carbocycles. The molecule has 0 aliphatic carbocycles. The summed E-state index contributed by atoms with van der Waals surface area (Å²) in [6.07, 6.45) is 3.94. The summed E-state index contributed by atoms with van der Waals surface area (Å²) in [6.45, 7) is 2.12. The maximum atomic E-state index is 12.7. The van der Waals surface area contributed by atoms with E-state index in [1.807, 2.05) is 0 Å². The van der Waals surface area contributed by atoms with Crippen LogP contribution in [0.25, 0.3) is 0 Å². The third-order valence-electron chi connectivity index (χ3n) is 4.83. The molecule has 2 N–H and O–H groups in total. The first-order chi connectivity index (χ1) is 12.0. The molecule has 2 atom stereocenters. The van der Waals surface area contributed by atoms with Crippen molar-refractivity contribution in [3.05, 3.63) is 27.8 Å². The quantitative estimate of drug-likeness (QED) is 0.602. The van der Waals surface area contributed by atoms with Gasteiger partial charge in [-0.1, -0.05) is 0 Å². The predicted octanol–water partition coefficient (Wildman–Crippen LogP) is 2.01. The van der Waals surface area contributed by atoms with Crippen molar-refractivity contribution in [2.75, 3.05) is 13.7 Å². The Balaban J connectivity index is 1.84. The van der Waals surface area contributed by atoms with E-state index in [1.54, 1.807) is 6.92 Å². The molecule has 1 aromatic carbocycles. The topological polar surface area (TPSA) is 103 Å². The monoisotopic (exact) mass is 349 g/mol. The fourth-order valence-corrected chi connectivity index (χ4v) is 3.75. The SMILES string of the molecule is CCOc1cc([N+](=O)[O-])c(C(=O)NC2CC3CCC(C2)N3)cc1OC. The standard InChI is InChI=1S/C17H23N3O5/c1-3-25-16-9-14(20(22)23)13(8-15(16)24-2)17(21)19-12-6-10-4-5-11(7-12)18-10/h8-12,18H,3-7H2,1-2H3,(H,19,21). The number of fused-ring (bicyclic) bond motifs is 2. The summed E-state index contributed by atoms with van der Waals surface area (Å²) in [4.78, 5) is 23.5. The zero-order chi connectivity index (χ0) is 18.0. The highest BCUT2D eigenvalue weighted by Crippen LogP contribution is 2.35. The minimum absolute atomic E-state index is 0.00353. The molecule has 2 aliphatic heterocycles.